The van der Waals surface area contributed by atoms with Crippen LogP contribution in [0.25, 0.3) is 0 Å². The molecule has 2 rings (SSSR count). The van der Waals surface area contributed by atoms with Crippen molar-refractivity contribution in [2.24, 2.45) is 5.84 Å². The molecule has 0 heterocycles. The van der Waals surface area contributed by atoms with Crippen LogP contribution in [0.1, 0.15) is 22.7 Å². The van der Waals surface area contributed by atoms with Crippen LogP contribution in [0.2, 0.25) is 5.02 Å². The quantitative estimate of drug-likeness (QED) is 0.509. The lowest BCUT2D eigenvalue weighted by molar-refractivity contribution is -0.138. The number of rotatable bonds is 3. The van der Waals surface area contributed by atoms with E-state index in [1.807, 2.05) is 0 Å². The average Bonchev–Trinajstić information content (AvgIpc) is 2.44. The predicted octanol–water partition coefficient (Wildman–Crippen LogP) is 4.05. The summed E-state index contributed by atoms with van der Waals surface area (Å²) >= 11 is 5.83. The van der Waals surface area contributed by atoms with E-state index < -0.39 is 23.6 Å². The van der Waals surface area contributed by atoms with Crippen molar-refractivity contribution in [1.82, 2.24) is 5.43 Å². The Kier molecular flexibility index (Phi) is 4.51. The van der Waals surface area contributed by atoms with Gasteiger partial charge in [0.1, 0.15) is 5.82 Å². The molecule has 2 aromatic carbocycles. The lowest BCUT2D eigenvalue weighted by Crippen LogP contribution is -2.31. The molecule has 2 nitrogen and oxygen atoms in total. The van der Waals surface area contributed by atoms with Crippen LogP contribution in [0.4, 0.5) is 17.6 Å². The molecule has 0 bridgehead atoms. The number of hydrazine groups is 1. The second-order valence-corrected chi connectivity index (χ2v) is 4.71. The van der Waals surface area contributed by atoms with Crippen LogP contribution in [0.3, 0.4) is 0 Å². The number of benzene rings is 2. The van der Waals surface area contributed by atoms with E-state index >= 15 is 0 Å². The van der Waals surface area contributed by atoms with Gasteiger partial charge in [-0.1, -0.05) is 41.9 Å². The third-order valence-corrected chi connectivity index (χ3v) is 3.44. The van der Waals surface area contributed by atoms with Crippen LogP contribution in [-0.2, 0) is 6.18 Å². The van der Waals surface area contributed by atoms with Crippen LogP contribution in [0.5, 0.6) is 0 Å². The lowest BCUT2D eigenvalue weighted by atomic mass is 9.94. The largest absolute Gasteiger partial charge is 0.416 e. The summed E-state index contributed by atoms with van der Waals surface area (Å²) in [6.07, 6.45) is -4.55. The molecule has 2 aromatic rings. The monoisotopic (exact) mass is 318 g/mol. The minimum atomic E-state index is -4.55. The third-order valence-electron chi connectivity index (χ3n) is 3.04. The fraction of sp³-hybridized carbons (Fsp3) is 0.143. The molecule has 1 atom stereocenters. The Morgan fingerprint density at radius 1 is 1.00 bits per heavy atom. The van der Waals surface area contributed by atoms with Gasteiger partial charge in [-0.2, -0.15) is 13.2 Å². The summed E-state index contributed by atoms with van der Waals surface area (Å²) in [7, 11) is 0. The first-order chi connectivity index (χ1) is 9.86. The van der Waals surface area contributed by atoms with Crippen molar-refractivity contribution in [3.05, 3.63) is 70.0 Å². The highest BCUT2D eigenvalue weighted by Gasteiger charge is 2.35. The third kappa shape index (κ3) is 3.18. The number of hydrogen-bond donors (Lipinski definition) is 2. The van der Waals surface area contributed by atoms with Gasteiger partial charge in [-0.05, 0) is 23.3 Å². The van der Waals surface area contributed by atoms with Crippen LogP contribution < -0.4 is 11.3 Å². The summed E-state index contributed by atoms with van der Waals surface area (Å²) in [6, 6.07) is 7.75. The molecule has 112 valence electrons. The first-order valence-electron chi connectivity index (χ1n) is 5.92. The summed E-state index contributed by atoms with van der Waals surface area (Å²) in [6.45, 7) is 0. The van der Waals surface area contributed by atoms with Crippen LogP contribution >= 0.6 is 11.6 Å². The molecular formula is C14H11ClF4N2. The first kappa shape index (κ1) is 15.8. The number of nitrogens with two attached hydrogens (primary N) is 1. The molecule has 0 aliphatic carbocycles. The molecule has 0 aliphatic rings. The Morgan fingerprint density at radius 2 is 1.62 bits per heavy atom. The Hall–Kier alpha value is -1.63. The van der Waals surface area contributed by atoms with Gasteiger partial charge < -0.3 is 0 Å². The summed E-state index contributed by atoms with van der Waals surface area (Å²) in [5.74, 6) is 4.65. The van der Waals surface area contributed by atoms with E-state index in [1.165, 1.54) is 30.3 Å². The molecule has 0 radical (unpaired) electrons. The minimum absolute atomic E-state index is 0.125. The van der Waals surface area contributed by atoms with Gasteiger partial charge in [0.2, 0.25) is 0 Å². The van der Waals surface area contributed by atoms with Crippen LogP contribution in [-0.4, -0.2) is 0 Å². The zero-order chi connectivity index (χ0) is 15.6. The Morgan fingerprint density at radius 3 is 2.24 bits per heavy atom. The molecule has 0 saturated heterocycles. The lowest BCUT2D eigenvalue weighted by Gasteiger charge is -2.22. The molecule has 0 aliphatic heterocycles. The fourth-order valence-electron chi connectivity index (χ4n) is 2.10. The first-order valence-corrected chi connectivity index (χ1v) is 6.30. The average molecular weight is 319 g/mol. The van der Waals surface area contributed by atoms with Crippen molar-refractivity contribution in [2.75, 3.05) is 0 Å². The summed E-state index contributed by atoms with van der Waals surface area (Å²) in [5, 5.41) is -0.266. The molecule has 0 aromatic heterocycles. The molecule has 0 amide bonds. The summed E-state index contributed by atoms with van der Waals surface area (Å²) in [4.78, 5) is 0. The van der Waals surface area contributed by atoms with Crippen molar-refractivity contribution in [3.63, 3.8) is 0 Å². The van der Waals surface area contributed by atoms with Gasteiger partial charge in [-0.3, -0.25) is 5.84 Å². The van der Waals surface area contributed by atoms with E-state index in [0.29, 0.717) is 0 Å². The van der Waals surface area contributed by atoms with Crippen molar-refractivity contribution in [3.8, 4) is 0 Å². The molecule has 1 unspecified atom stereocenters. The smallest absolute Gasteiger partial charge is 0.271 e. The van der Waals surface area contributed by atoms with E-state index in [-0.39, 0.29) is 16.1 Å². The zero-order valence-electron chi connectivity index (χ0n) is 10.6. The number of nitrogens with one attached hydrogen (secondary N) is 1. The van der Waals surface area contributed by atoms with E-state index in [0.717, 1.165) is 12.1 Å². The fourth-order valence-corrected chi connectivity index (χ4v) is 2.33. The normalized spacial score (nSPS) is 13.2. The second-order valence-electron chi connectivity index (χ2n) is 4.33. The van der Waals surface area contributed by atoms with Crippen LogP contribution in [0, 0.1) is 5.82 Å². The molecule has 21 heavy (non-hydrogen) atoms. The highest BCUT2D eigenvalue weighted by Crippen LogP contribution is 2.38. The zero-order valence-corrected chi connectivity index (χ0v) is 11.3. The molecule has 3 N–H and O–H groups in total. The van der Waals surface area contributed by atoms with Crippen LogP contribution in [0.15, 0.2) is 42.5 Å². The number of alkyl halides is 3. The maximum atomic E-state index is 13.5. The molecule has 0 fully saturated rings. The van der Waals surface area contributed by atoms with E-state index in [9.17, 15) is 17.6 Å². The van der Waals surface area contributed by atoms with Gasteiger partial charge in [0.15, 0.2) is 0 Å². The van der Waals surface area contributed by atoms with E-state index in [4.69, 9.17) is 17.4 Å². The Labute approximate surface area is 123 Å². The number of hydrogen-bond acceptors (Lipinski definition) is 2. The summed E-state index contributed by atoms with van der Waals surface area (Å²) < 4.78 is 52.7. The number of halogens is 5. The van der Waals surface area contributed by atoms with Gasteiger partial charge >= 0.3 is 6.18 Å². The molecule has 7 heteroatoms. The van der Waals surface area contributed by atoms with Gasteiger partial charge in [-0.15, -0.1) is 0 Å². The minimum Gasteiger partial charge on any atom is -0.271 e. The standard InChI is InChI=1S/C14H11ClF4N2/c15-12-9(5-3-7-11(12)16)13(21-20)8-4-1-2-6-10(8)14(17,18)19/h1-7,13,21H,20H2. The van der Waals surface area contributed by atoms with Gasteiger partial charge in [0.25, 0.3) is 0 Å². The Bertz CT molecular complexity index is 643. The maximum Gasteiger partial charge on any atom is 0.416 e. The van der Waals surface area contributed by atoms with Crippen molar-refractivity contribution >= 4 is 11.6 Å². The molecular weight excluding hydrogens is 308 g/mol. The van der Waals surface area contributed by atoms with Gasteiger partial charge in [-0.25, -0.2) is 9.82 Å². The van der Waals surface area contributed by atoms with Crippen molar-refractivity contribution < 1.29 is 17.6 Å². The second kappa shape index (κ2) is 6.01. The predicted molar refractivity (Wildman–Crippen MR) is 72.0 cm³/mol. The van der Waals surface area contributed by atoms with Gasteiger partial charge in [0, 0.05) is 0 Å². The molecule has 0 spiro atoms. The Balaban J connectivity index is 2.60. The van der Waals surface area contributed by atoms with E-state index in [2.05, 4.69) is 5.43 Å². The van der Waals surface area contributed by atoms with Crippen molar-refractivity contribution in [2.45, 2.75) is 12.2 Å². The SMILES string of the molecule is NNC(c1ccccc1C(F)(F)F)c1cccc(F)c1Cl. The topological polar surface area (TPSA) is 38.0 Å². The highest BCUT2D eigenvalue weighted by molar-refractivity contribution is 6.31. The highest BCUT2D eigenvalue weighted by atomic mass is 35.5. The van der Waals surface area contributed by atoms with Gasteiger partial charge in [0.05, 0.1) is 16.6 Å². The summed E-state index contributed by atoms with van der Waals surface area (Å²) in [5.41, 5.74) is 1.42. The molecule has 0 saturated carbocycles. The maximum absolute atomic E-state index is 13.5. The van der Waals surface area contributed by atoms with Crippen molar-refractivity contribution in [1.29, 1.82) is 0 Å². The van der Waals surface area contributed by atoms with E-state index in [1.54, 1.807) is 0 Å².